The number of aromatic nitrogens is 1. The van der Waals surface area contributed by atoms with E-state index >= 15 is 0 Å². The van der Waals surface area contributed by atoms with Crippen molar-refractivity contribution in [1.29, 1.82) is 0 Å². The number of fused-ring (bicyclic) bond motifs is 1. The van der Waals surface area contributed by atoms with Gasteiger partial charge in [0.25, 0.3) is 5.91 Å². The van der Waals surface area contributed by atoms with Crippen molar-refractivity contribution >= 4 is 23.2 Å². The van der Waals surface area contributed by atoms with E-state index in [2.05, 4.69) is 10.3 Å². The average Bonchev–Trinajstić information content (AvgIpc) is 2.85. The van der Waals surface area contributed by atoms with Gasteiger partial charge in [-0.05, 0) is 31.2 Å². The highest BCUT2D eigenvalue weighted by atomic mass is 35.5. The highest BCUT2D eigenvalue weighted by molar-refractivity contribution is 6.29. The van der Waals surface area contributed by atoms with Gasteiger partial charge in [-0.25, -0.2) is 4.98 Å². The third-order valence-corrected chi connectivity index (χ3v) is 3.01. The number of ether oxygens (including phenoxy) is 2. The largest absolute Gasteiger partial charge is 0.454 e. The molecule has 1 aliphatic heterocycles. The van der Waals surface area contributed by atoms with Crippen molar-refractivity contribution in [3.8, 4) is 11.5 Å². The number of aryl methyl sites for hydroxylation is 1. The van der Waals surface area contributed by atoms with Gasteiger partial charge >= 0.3 is 0 Å². The lowest BCUT2D eigenvalue weighted by Crippen LogP contribution is -2.12. The van der Waals surface area contributed by atoms with Crippen LogP contribution in [0.25, 0.3) is 0 Å². The summed E-state index contributed by atoms with van der Waals surface area (Å²) in [5.41, 5.74) is 1.78. The zero-order valence-electron chi connectivity index (χ0n) is 10.6. The van der Waals surface area contributed by atoms with Gasteiger partial charge in [-0.2, -0.15) is 0 Å². The van der Waals surface area contributed by atoms with Crippen molar-refractivity contribution in [3.05, 3.63) is 46.7 Å². The van der Waals surface area contributed by atoms with Crippen LogP contribution in [-0.2, 0) is 0 Å². The van der Waals surface area contributed by atoms with Gasteiger partial charge in [0.1, 0.15) is 5.15 Å². The number of nitrogens with one attached hydrogen (secondary N) is 1. The molecule has 2 aromatic rings. The van der Waals surface area contributed by atoms with Crippen molar-refractivity contribution in [2.45, 2.75) is 6.92 Å². The topological polar surface area (TPSA) is 60.5 Å². The Morgan fingerprint density at radius 3 is 2.85 bits per heavy atom. The molecule has 1 N–H and O–H groups in total. The first-order valence-electron chi connectivity index (χ1n) is 5.97. The zero-order valence-corrected chi connectivity index (χ0v) is 11.4. The van der Waals surface area contributed by atoms with Gasteiger partial charge in [-0.3, -0.25) is 4.79 Å². The second kappa shape index (κ2) is 5.02. The van der Waals surface area contributed by atoms with Gasteiger partial charge in [0.2, 0.25) is 6.79 Å². The Morgan fingerprint density at radius 1 is 1.25 bits per heavy atom. The molecular formula is C14H11ClN2O3. The molecule has 3 rings (SSSR count). The summed E-state index contributed by atoms with van der Waals surface area (Å²) in [6.45, 7) is 1.98. The average molecular weight is 291 g/mol. The summed E-state index contributed by atoms with van der Waals surface area (Å²) in [5.74, 6) is 1.04. The molecule has 1 aromatic heterocycles. The van der Waals surface area contributed by atoms with Gasteiger partial charge in [-0.1, -0.05) is 11.6 Å². The molecule has 1 amide bonds. The van der Waals surface area contributed by atoms with Crippen LogP contribution < -0.4 is 14.8 Å². The summed E-state index contributed by atoms with van der Waals surface area (Å²) in [5, 5.41) is 3.07. The van der Waals surface area contributed by atoms with Crippen LogP contribution in [0.3, 0.4) is 0 Å². The van der Waals surface area contributed by atoms with Crippen molar-refractivity contribution in [2.75, 3.05) is 12.1 Å². The normalized spacial score (nSPS) is 12.3. The van der Waals surface area contributed by atoms with Gasteiger partial charge in [0.05, 0.1) is 0 Å². The number of pyridine rings is 1. The molecule has 102 valence electrons. The van der Waals surface area contributed by atoms with E-state index in [0.29, 0.717) is 33.6 Å². The van der Waals surface area contributed by atoms with Crippen LogP contribution in [0.15, 0.2) is 30.3 Å². The molecule has 0 unspecified atom stereocenters. The molecule has 0 atom stereocenters. The van der Waals surface area contributed by atoms with Gasteiger partial charge in [0, 0.05) is 23.0 Å². The molecular weight excluding hydrogens is 280 g/mol. The number of hydrogen-bond acceptors (Lipinski definition) is 4. The standard InChI is InChI=1S/C14H11ClN2O3/c1-8-4-9(5-13(15)16-8)14(18)17-10-2-3-11-12(6-10)20-7-19-11/h2-6H,7H2,1H3,(H,17,18). The summed E-state index contributed by atoms with van der Waals surface area (Å²) in [4.78, 5) is 16.2. The smallest absolute Gasteiger partial charge is 0.255 e. The summed E-state index contributed by atoms with van der Waals surface area (Å²) in [6.07, 6.45) is 0. The number of carbonyl (C=O) groups excluding carboxylic acids is 1. The molecule has 1 aliphatic rings. The molecule has 0 fully saturated rings. The second-order valence-electron chi connectivity index (χ2n) is 4.34. The van der Waals surface area contributed by atoms with Crippen LogP contribution in [0.1, 0.15) is 16.1 Å². The Balaban J connectivity index is 1.82. The van der Waals surface area contributed by atoms with E-state index in [-0.39, 0.29) is 12.7 Å². The second-order valence-corrected chi connectivity index (χ2v) is 4.73. The minimum atomic E-state index is -0.253. The third-order valence-electron chi connectivity index (χ3n) is 2.81. The van der Waals surface area contributed by atoms with Crippen LogP contribution in [0.4, 0.5) is 5.69 Å². The lowest BCUT2D eigenvalue weighted by atomic mass is 10.2. The zero-order chi connectivity index (χ0) is 14.1. The summed E-state index contributed by atoms with van der Waals surface area (Å²) in [7, 11) is 0. The predicted octanol–water partition coefficient (Wildman–Crippen LogP) is 3.02. The fourth-order valence-corrected chi connectivity index (χ4v) is 2.19. The van der Waals surface area contributed by atoms with Crippen molar-refractivity contribution in [1.82, 2.24) is 4.98 Å². The Labute approximate surface area is 120 Å². The predicted molar refractivity (Wildman–Crippen MR) is 74.5 cm³/mol. The number of nitrogens with zero attached hydrogens (tertiary/aromatic N) is 1. The molecule has 0 bridgehead atoms. The number of hydrogen-bond donors (Lipinski definition) is 1. The van der Waals surface area contributed by atoms with Crippen molar-refractivity contribution in [2.24, 2.45) is 0 Å². The lowest BCUT2D eigenvalue weighted by molar-refractivity contribution is 0.102. The molecule has 0 saturated heterocycles. The minimum absolute atomic E-state index is 0.200. The van der Waals surface area contributed by atoms with E-state index in [1.165, 1.54) is 6.07 Å². The molecule has 1 aromatic carbocycles. The van der Waals surface area contributed by atoms with Gasteiger partial charge < -0.3 is 14.8 Å². The maximum absolute atomic E-state index is 12.1. The molecule has 0 radical (unpaired) electrons. The molecule has 0 aliphatic carbocycles. The number of benzene rings is 1. The quantitative estimate of drug-likeness (QED) is 0.864. The highest BCUT2D eigenvalue weighted by Gasteiger charge is 2.15. The van der Waals surface area contributed by atoms with Crippen molar-refractivity contribution in [3.63, 3.8) is 0 Å². The Kier molecular flexibility index (Phi) is 3.20. The van der Waals surface area contributed by atoms with Crippen molar-refractivity contribution < 1.29 is 14.3 Å². The van der Waals surface area contributed by atoms with E-state index in [4.69, 9.17) is 21.1 Å². The van der Waals surface area contributed by atoms with Crippen LogP contribution in [0.5, 0.6) is 11.5 Å². The SMILES string of the molecule is Cc1cc(C(=O)Nc2ccc3c(c2)OCO3)cc(Cl)n1. The van der Waals surface area contributed by atoms with Gasteiger partial charge in [0.15, 0.2) is 11.5 Å². The monoisotopic (exact) mass is 290 g/mol. The third kappa shape index (κ3) is 2.53. The van der Waals surface area contributed by atoms with Crippen LogP contribution in [-0.4, -0.2) is 17.7 Å². The first kappa shape index (κ1) is 12.7. The summed E-state index contributed by atoms with van der Waals surface area (Å²) < 4.78 is 10.5. The molecule has 2 heterocycles. The number of rotatable bonds is 2. The fraction of sp³-hybridized carbons (Fsp3) is 0.143. The highest BCUT2D eigenvalue weighted by Crippen LogP contribution is 2.34. The lowest BCUT2D eigenvalue weighted by Gasteiger charge is -2.07. The Morgan fingerprint density at radius 2 is 2.05 bits per heavy atom. The summed E-state index contributed by atoms with van der Waals surface area (Å²) >= 11 is 5.85. The molecule has 0 saturated carbocycles. The maximum Gasteiger partial charge on any atom is 0.255 e. The number of anilines is 1. The summed E-state index contributed by atoms with van der Waals surface area (Å²) in [6, 6.07) is 8.42. The number of carbonyl (C=O) groups is 1. The number of halogens is 1. The Bertz CT molecular complexity index is 668. The molecule has 5 nitrogen and oxygen atoms in total. The van der Waals surface area contributed by atoms with Gasteiger partial charge in [-0.15, -0.1) is 0 Å². The maximum atomic E-state index is 12.1. The molecule has 20 heavy (non-hydrogen) atoms. The number of amides is 1. The van der Waals surface area contributed by atoms with Crippen LogP contribution in [0.2, 0.25) is 5.15 Å². The van der Waals surface area contributed by atoms with Crippen LogP contribution >= 0.6 is 11.6 Å². The minimum Gasteiger partial charge on any atom is -0.454 e. The van der Waals surface area contributed by atoms with E-state index < -0.39 is 0 Å². The molecule has 6 heteroatoms. The van der Waals surface area contributed by atoms with E-state index in [1.807, 2.05) is 0 Å². The van der Waals surface area contributed by atoms with E-state index in [0.717, 1.165) is 0 Å². The van der Waals surface area contributed by atoms with Crippen LogP contribution in [0, 0.1) is 6.92 Å². The first-order chi connectivity index (χ1) is 9.61. The Hall–Kier alpha value is -2.27. The molecule has 0 spiro atoms. The van der Waals surface area contributed by atoms with E-state index in [1.54, 1.807) is 31.2 Å². The first-order valence-corrected chi connectivity index (χ1v) is 6.35. The van der Waals surface area contributed by atoms with E-state index in [9.17, 15) is 4.79 Å². The fourth-order valence-electron chi connectivity index (χ4n) is 1.94.